The van der Waals surface area contributed by atoms with Gasteiger partial charge in [0.1, 0.15) is 11.5 Å². The van der Waals surface area contributed by atoms with Crippen LogP contribution in [0.3, 0.4) is 0 Å². The lowest BCUT2D eigenvalue weighted by atomic mass is 10.1. The van der Waals surface area contributed by atoms with Crippen molar-refractivity contribution < 1.29 is 14.2 Å². The summed E-state index contributed by atoms with van der Waals surface area (Å²) in [5.74, 6) is 1.47. The summed E-state index contributed by atoms with van der Waals surface area (Å²) in [7, 11) is 0. The molecule has 1 aliphatic heterocycles. The van der Waals surface area contributed by atoms with Crippen molar-refractivity contribution in [3.63, 3.8) is 0 Å². The largest absolute Gasteiger partial charge is 0.457 e. The molecule has 6 heteroatoms. The van der Waals surface area contributed by atoms with Gasteiger partial charge >= 0.3 is 0 Å². The lowest BCUT2D eigenvalue weighted by molar-refractivity contribution is 0.0835. The van der Waals surface area contributed by atoms with E-state index in [0.717, 1.165) is 29.1 Å². The van der Waals surface area contributed by atoms with Gasteiger partial charge in [0, 0.05) is 12.3 Å². The molecule has 1 aliphatic rings. The summed E-state index contributed by atoms with van der Waals surface area (Å²) < 4.78 is 17.6. The topological polar surface area (TPSA) is 39.7 Å². The molecule has 6 nitrogen and oxygen atoms in total. The van der Waals surface area contributed by atoms with E-state index in [1.165, 1.54) is 0 Å². The van der Waals surface area contributed by atoms with Crippen LogP contribution in [0, 0.1) is 13.1 Å². The van der Waals surface area contributed by atoms with Crippen LogP contribution in [0.2, 0.25) is 0 Å². The van der Waals surface area contributed by atoms with Crippen LogP contribution >= 0.6 is 0 Å². The van der Waals surface area contributed by atoms with E-state index in [9.17, 15) is 0 Å². The molecule has 0 fully saturated rings. The molecule has 0 bridgehead atoms. The second kappa shape index (κ2) is 12.4. The molecule has 3 aromatic carbocycles. The van der Waals surface area contributed by atoms with Crippen LogP contribution in [0.25, 0.3) is 9.69 Å². The fourth-order valence-electron chi connectivity index (χ4n) is 3.94. The van der Waals surface area contributed by atoms with E-state index in [4.69, 9.17) is 27.4 Å². The second-order valence-electron chi connectivity index (χ2n) is 8.06. The average Bonchev–Trinajstić information content (AvgIpc) is 3.31. The van der Waals surface area contributed by atoms with E-state index >= 15 is 0 Å². The van der Waals surface area contributed by atoms with Crippen molar-refractivity contribution in [3.05, 3.63) is 125 Å². The van der Waals surface area contributed by atoms with Gasteiger partial charge in [-0.1, -0.05) is 48.5 Å². The molecule has 0 aromatic heterocycles. The Morgan fingerprint density at radius 3 is 2.26 bits per heavy atom. The van der Waals surface area contributed by atoms with Crippen molar-refractivity contribution in [1.82, 2.24) is 0 Å². The number of benzene rings is 3. The van der Waals surface area contributed by atoms with Crippen molar-refractivity contribution >= 4 is 5.69 Å². The van der Waals surface area contributed by atoms with Crippen molar-refractivity contribution in [3.8, 4) is 11.5 Å². The van der Waals surface area contributed by atoms with E-state index in [1.807, 2.05) is 89.8 Å². The number of hydrogen-bond donors (Lipinski definition) is 0. The first-order valence-electron chi connectivity index (χ1n) is 11.6. The number of ether oxygens (including phenoxy) is 3. The maximum Gasteiger partial charge on any atom is 0.292 e. The number of para-hydroxylation sites is 1. The molecule has 1 atom stereocenters. The molecule has 0 saturated carbocycles. The fraction of sp³-hybridized carbons (Fsp3) is 0.241. The fourth-order valence-corrected chi connectivity index (χ4v) is 3.94. The summed E-state index contributed by atoms with van der Waals surface area (Å²) >= 11 is 0. The van der Waals surface area contributed by atoms with E-state index < -0.39 is 0 Å². The van der Waals surface area contributed by atoms with Gasteiger partial charge in [0.05, 0.1) is 31.6 Å². The molecule has 3 aromatic rings. The van der Waals surface area contributed by atoms with Gasteiger partial charge in [-0.2, -0.15) is 0 Å². The molecular formula is C29H27N3O3. The van der Waals surface area contributed by atoms with E-state index in [0.29, 0.717) is 37.7 Å². The summed E-state index contributed by atoms with van der Waals surface area (Å²) in [5.41, 5.74) is 3.29. The van der Waals surface area contributed by atoms with Gasteiger partial charge in [0.15, 0.2) is 0 Å². The minimum Gasteiger partial charge on any atom is -0.457 e. The molecule has 0 radical (unpaired) electrons. The Morgan fingerprint density at radius 2 is 1.57 bits per heavy atom. The minimum atomic E-state index is -0.281. The van der Waals surface area contributed by atoms with Gasteiger partial charge in [-0.3, -0.25) is 9.74 Å². The first-order valence-corrected chi connectivity index (χ1v) is 11.6. The first-order chi connectivity index (χ1) is 17.3. The normalized spacial score (nSPS) is 14.9. The van der Waals surface area contributed by atoms with Gasteiger partial charge in [-0.15, -0.1) is 0 Å². The third kappa shape index (κ3) is 6.49. The van der Waals surface area contributed by atoms with Crippen LogP contribution in [0.5, 0.6) is 11.5 Å². The molecule has 0 spiro atoms. The lowest BCUT2D eigenvalue weighted by Gasteiger charge is -2.21. The van der Waals surface area contributed by atoms with Gasteiger partial charge in [0.25, 0.3) is 6.67 Å². The maximum atomic E-state index is 7.77. The van der Waals surface area contributed by atoms with Crippen molar-refractivity contribution in [2.45, 2.75) is 25.6 Å². The highest BCUT2D eigenvalue weighted by Crippen LogP contribution is 2.33. The lowest BCUT2D eigenvalue weighted by Crippen LogP contribution is -2.23. The quantitative estimate of drug-likeness (QED) is 0.234. The predicted octanol–water partition coefficient (Wildman–Crippen LogP) is 6.69. The Labute approximate surface area is 206 Å². The molecule has 1 unspecified atom stereocenters. The van der Waals surface area contributed by atoms with Gasteiger partial charge in [-0.25, -0.2) is 11.4 Å². The summed E-state index contributed by atoms with van der Waals surface area (Å²) in [6, 6.07) is 27.2. The molecule has 4 rings (SSSR count). The number of hydrogen-bond acceptors (Lipinski definition) is 4. The summed E-state index contributed by atoms with van der Waals surface area (Å²) in [6.45, 7) is 16.8. The van der Waals surface area contributed by atoms with Gasteiger partial charge in [-0.05, 0) is 54.8 Å². The minimum absolute atomic E-state index is 0.115. The number of rotatable bonds is 11. The highest BCUT2D eigenvalue weighted by Gasteiger charge is 2.31. The third-order valence-corrected chi connectivity index (χ3v) is 5.67. The van der Waals surface area contributed by atoms with Crippen molar-refractivity contribution in [2.75, 3.05) is 24.8 Å². The van der Waals surface area contributed by atoms with Gasteiger partial charge < -0.3 is 14.2 Å². The molecule has 1 heterocycles. The van der Waals surface area contributed by atoms with Crippen LogP contribution in [0.1, 0.15) is 18.4 Å². The third-order valence-electron chi connectivity index (χ3n) is 5.67. The Balaban J connectivity index is 1.38. The maximum absolute atomic E-state index is 7.77. The van der Waals surface area contributed by atoms with Gasteiger partial charge in [0.2, 0.25) is 5.70 Å². The van der Waals surface area contributed by atoms with E-state index in [1.54, 1.807) is 0 Å². The Bertz CT molecular complexity index is 1200. The summed E-state index contributed by atoms with van der Waals surface area (Å²) in [5, 5.41) is 0. The number of anilines is 1. The van der Waals surface area contributed by atoms with Crippen LogP contribution in [0.15, 0.2) is 96.3 Å². The zero-order chi connectivity index (χ0) is 24.3. The van der Waals surface area contributed by atoms with Crippen molar-refractivity contribution in [2.24, 2.45) is 0 Å². The molecule has 0 saturated heterocycles. The second-order valence-corrected chi connectivity index (χ2v) is 8.06. The van der Waals surface area contributed by atoms with Crippen LogP contribution < -0.4 is 9.64 Å². The molecule has 176 valence electrons. The smallest absolute Gasteiger partial charge is 0.292 e. The zero-order valence-corrected chi connectivity index (χ0v) is 19.5. The number of nitrogens with zero attached hydrogens (tertiary/aromatic N) is 3. The first kappa shape index (κ1) is 24.0. The SMILES string of the molecule is [C-]#[N+]CN(C1=C([N+]#[C-])C(CCCOCc2ccccc2)OC1)c1ccc(Oc2ccccc2)cc1. The zero-order valence-electron chi connectivity index (χ0n) is 19.5. The molecule has 0 N–H and O–H groups in total. The van der Waals surface area contributed by atoms with E-state index in [-0.39, 0.29) is 12.8 Å². The molecule has 0 amide bonds. The average molecular weight is 466 g/mol. The molecule has 0 aliphatic carbocycles. The van der Waals surface area contributed by atoms with Crippen LogP contribution in [0.4, 0.5) is 5.69 Å². The Kier molecular flexibility index (Phi) is 8.51. The van der Waals surface area contributed by atoms with Crippen molar-refractivity contribution in [1.29, 1.82) is 0 Å². The molecule has 35 heavy (non-hydrogen) atoms. The monoisotopic (exact) mass is 465 g/mol. The molecular weight excluding hydrogens is 438 g/mol. The highest BCUT2D eigenvalue weighted by molar-refractivity contribution is 5.57. The highest BCUT2D eigenvalue weighted by atomic mass is 16.5. The van der Waals surface area contributed by atoms with Crippen LogP contribution in [-0.4, -0.2) is 26.0 Å². The van der Waals surface area contributed by atoms with E-state index in [2.05, 4.69) is 9.69 Å². The standard InChI is InChI=1S/C29H27N3O3/c1-30-22-32(24-15-17-26(18-16-24)35-25-12-7-4-8-13-25)27-21-34-28(29(27)31-2)14-9-19-33-20-23-10-5-3-6-11-23/h3-8,10-13,15-18,28H,9,14,19-22H2. The Hall–Kier alpha value is -4.10. The summed E-state index contributed by atoms with van der Waals surface area (Å²) in [6.07, 6.45) is 1.21. The predicted molar refractivity (Wildman–Crippen MR) is 136 cm³/mol. The summed E-state index contributed by atoms with van der Waals surface area (Å²) in [4.78, 5) is 9.24. The van der Waals surface area contributed by atoms with Crippen LogP contribution in [-0.2, 0) is 16.1 Å². The Morgan fingerprint density at radius 1 is 0.886 bits per heavy atom.